The summed E-state index contributed by atoms with van der Waals surface area (Å²) in [5.74, 6) is 1.62. The molecule has 1 N–H and O–H groups in total. The second kappa shape index (κ2) is 7.09. The molecule has 1 atom stereocenters. The van der Waals surface area contributed by atoms with Crippen LogP contribution in [0.25, 0.3) is 0 Å². The molecule has 3 aromatic rings. The molecule has 0 bridgehead atoms. The summed E-state index contributed by atoms with van der Waals surface area (Å²) in [6.45, 7) is 3.12. The molecule has 0 aliphatic carbocycles. The van der Waals surface area contributed by atoms with Crippen LogP contribution in [0.1, 0.15) is 23.0 Å². The molecule has 0 spiro atoms. The van der Waals surface area contributed by atoms with Crippen molar-refractivity contribution >= 4 is 23.2 Å². The van der Waals surface area contributed by atoms with E-state index in [1.807, 2.05) is 48.2 Å². The van der Waals surface area contributed by atoms with Crippen molar-refractivity contribution in [1.29, 1.82) is 0 Å². The van der Waals surface area contributed by atoms with E-state index in [0.29, 0.717) is 36.4 Å². The number of ether oxygens (including phenoxy) is 2. The molecule has 0 saturated carbocycles. The van der Waals surface area contributed by atoms with Gasteiger partial charge in [-0.05, 0) is 43.2 Å². The lowest BCUT2D eigenvalue weighted by atomic mass is 10.1. The van der Waals surface area contributed by atoms with E-state index < -0.39 is 0 Å². The number of carbonyl (C=O) groups excluding carboxylic acids is 1. The van der Waals surface area contributed by atoms with Crippen LogP contribution in [0.4, 0.5) is 17.3 Å². The van der Waals surface area contributed by atoms with Crippen molar-refractivity contribution in [2.24, 2.45) is 0 Å². The van der Waals surface area contributed by atoms with Gasteiger partial charge >= 0.3 is 0 Å². The molecule has 0 saturated heterocycles. The maximum absolute atomic E-state index is 13.2. The van der Waals surface area contributed by atoms with Crippen LogP contribution < -0.4 is 19.7 Å². The number of fused-ring (bicyclic) bond motifs is 2. The minimum Gasteiger partial charge on any atom is -0.486 e. The summed E-state index contributed by atoms with van der Waals surface area (Å²) in [6, 6.07) is 15.3. The molecule has 1 unspecified atom stereocenters. The summed E-state index contributed by atoms with van der Waals surface area (Å²) in [4.78, 5) is 23.7. The molecule has 7 heteroatoms. The normalized spacial score (nSPS) is 17.0. The van der Waals surface area contributed by atoms with Gasteiger partial charge in [0.1, 0.15) is 18.9 Å². The second-order valence-corrected chi connectivity index (χ2v) is 7.11. The Balaban J connectivity index is 1.39. The van der Waals surface area contributed by atoms with Gasteiger partial charge in [-0.15, -0.1) is 0 Å². The molecule has 3 heterocycles. The van der Waals surface area contributed by atoms with E-state index in [-0.39, 0.29) is 11.9 Å². The fourth-order valence-electron chi connectivity index (χ4n) is 3.79. The van der Waals surface area contributed by atoms with Crippen LogP contribution in [-0.4, -0.2) is 35.1 Å². The van der Waals surface area contributed by atoms with Crippen LogP contribution in [0, 0.1) is 0 Å². The van der Waals surface area contributed by atoms with Gasteiger partial charge in [0.2, 0.25) is 5.95 Å². The van der Waals surface area contributed by atoms with E-state index in [1.165, 1.54) is 5.56 Å². The van der Waals surface area contributed by atoms with Crippen molar-refractivity contribution < 1.29 is 14.3 Å². The molecular formula is C22H20N4O3. The van der Waals surface area contributed by atoms with E-state index in [1.54, 1.807) is 12.3 Å². The first-order valence-corrected chi connectivity index (χ1v) is 9.60. The number of benzene rings is 2. The van der Waals surface area contributed by atoms with E-state index >= 15 is 0 Å². The Labute approximate surface area is 168 Å². The van der Waals surface area contributed by atoms with Gasteiger partial charge in [-0.2, -0.15) is 0 Å². The van der Waals surface area contributed by atoms with Gasteiger partial charge in [0.05, 0.1) is 0 Å². The predicted molar refractivity (Wildman–Crippen MR) is 109 cm³/mol. The fourth-order valence-corrected chi connectivity index (χ4v) is 3.79. The highest BCUT2D eigenvalue weighted by molar-refractivity contribution is 6.06. The van der Waals surface area contributed by atoms with Gasteiger partial charge in [0, 0.05) is 29.7 Å². The Hall–Kier alpha value is -3.61. The van der Waals surface area contributed by atoms with Gasteiger partial charge < -0.3 is 19.7 Å². The summed E-state index contributed by atoms with van der Waals surface area (Å²) in [6.07, 6.45) is 2.43. The van der Waals surface area contributed by atoms with Crippen LogP contribution in [0.2, 0.25) is 0 Å². The first-order valence-electron chi connectivity index (χ1n) is 9.60. The van der Waals surface area contributed by atoms with Crippen LogP contribution in [0.15, 0.2) is 54.7 Å². The number of hydrogen-bond donors (Lipinski definition) is 1. The maximum Gasteiger partial charge on any atom is 0.277 e. The number of rotatable bonds is 3. The summed E-state index contributed by atoms with van der Waals surface area (Å²) in [5, 5.41) is 3.14. The molecule has 146 valence electrons. The van der Waals surface area contributed by atoms with Crippen molar-refractivity contribution in [3.63, 3.8) is 0 Å². The van der Waals surface area contributed by atoms with Crippen LogP contribution >= 0.6 is 0 Å². The standard InChI is InChI=1S/C22H20N4O3/c1-14-12-15-4-2-3-5-18(15)26(14)21(27)17-8-9-23-22(25-17)24-16-6-7-19-20(13-16)29-11-10-28-19/h2-9,13-14H,10-12H2,1H3,(H,23,24,25). The van der Waals surface area contributed by atoms with Gasteiger partial charge in [0.15, 0.2) is 11.5 Å². The summed E-state index contributed by atoms with van der Waals surface area (Å²) in [7, 11) is 0. The van der Waals surface area contributed by atoms with Crippen molar-refractivity contribution in [2.75, 3.05) is 23.4 Å². The molecule has 2 aliphatic rings. The summed E-state index contributed by atoms with van der Waals surface area (Å²) >= 11 is 0. The lowest BCUT2D eigenvalue weighted by Crippen LogP contribution is -2.36. The topological polar surface area (TPSA) is 76.6 Å². The number of nitrogens with one attached hydrogen (secondary N) is 1. The lowest BCUT2D eigenvalue weighted by Gasteiger charge is -2.22. The van der Waals surface area contributed by atoms with E-state index in [4.69, 9.17) is 9.47 Å². The second-order valence-electron chi connectivity index (χ2n) is 7.11. The van der Waals surface area contributed by atoms with Crippen molar-refractivity contribution in [3.8, 4) is 11.5 Å². The molecule has 2 aromatic carbocycles. The molecule has 0 fully saturated rings. The minimum atomic E-state index is -0.130. The Morgan fingerprint density at radius 2 is 1.93 bits per heavy atom. The van der Waals surface area contributed by atoms with Gasteiger partial charge in [0.25, 0.3) is 5.91 Å². The SMILES string of the molecule is CC1Cc2ccccc2N1C(=O)c1ccnc(Nc2ccc3c(c2)OCCO3)n1. The van der Waals surface area contributed by atoms with Crippen molar-refractivity contribution in [2.45, 2.75) is 19.4 Å². The Morgan fingerprint density at radius 1 is 1.10 bits per heavy atom. The third kappa shape index (κ3) is 3.24. The smallest absolute Gasteiger partial charge is 0.277 e. The molecular weight excluding hydrogens is 368 g/mol. The molecule has 7 nitrogen and oxygen atoms in total. The highest BCUT2D eigenvalue weighted by Gasteiger charge is 2.32. The first-order chi connectivity index (χ1) is 14.2. The zero-order valence-electron chi connectivity index (χ0n) is 16.0. The third-order valence-corrected chi connectivity index (χ3v) is 5.10. The fraction of sp³-hybridized carbons (Fsp3) is 0.227. The highest BCUT2D eigenvalue weighted by Crippen LogP contribution is 2.34. The quantitative estimate of drug-likeness (QED) is 0.739. The average Bonchev–Trinajstić information content (AvgIpc) is 3.09. The molecule has 1 aromatic heterocycles. The number of anilines is 3. The lowest BCUT2D eigenvalue weighted by molar-refractivity contribution is 0.0976. The maximum atomic E-state index is 13.2. The highest BCUT2D eigenvalue weighted by atomic mass is 16.6. The van der Waals surface area contributed by atoms with E-state index in [2.05, 4.69) is 21.4 Å². The predicted octanol–water partition coefficient (Wildman–Crippen LogP) is 3.58. The first kappa shape index (κ1) is 17.5. The number of aromatic nitrogens is 2. The molecule has 29 heavy (non-hydrogen) atoms. The van der Waals surface area contributed by atoms with Gasteiger partial charge in [-0.25, -0.2) is 9.97 Å². The number of carbonyl (C=O) groups is 1. The molecule has 5 rings (SSSR count). The van der Waals surface area contributed by atoms with Crippen molar-refractivity contribution in [1.82, 2.24) is 9.97 Å². The van der Waals surface area contributed by atoms with Crippen LogP contribution in [0.5, 0.6) is 11.5 Å². The summed E-state index contributed by atoms with van der Waals surface area (Å²) in [5.41, 5.74) is 3.24. The molecule has 2 aliphatic heterocycles. The zero-order valence-corrected chi connectivity index (χ0v) is 16.0. The third-order valence-electron chi connectivity index (χ3n) is 5.10. The summed E-state index contributed by atoms with van der Waals surface area (Å²) < 4.78 is 11.2. The van der Waals surface area contributed by atoms with Crippen LogP contribution in [-0.2, 0) is 6.42 Å². The Kier molecular flexibility index (Phi) is 4.27. The number of amides is 1. The van der Waals surface area contributed by atoms with Gasteiger partial charge in [-0.1, -0.05) is 18.2 Å². The Bertz CT molecular complexity index is 1090. The van der Waals surface area contributed by atoms with Crippen molar-refractivity contribution in [3.05, 3.63) is 66.0 Å². The van der Waals surface area contributed by atoms with Gasteiger partial charge in [-0.3, -0.25) is 4.79 Å². The number of hydrogen-bond acceptors (Lipinski definition) is 6. The zero-order chi connectivity index (χ0) is 19.8. The largest absolute Gasteiger partial charge is 0.486 e. The average molecular weight is 388 g/mol. The Morgan fingerprint density at radius 3 is 2.83 bits per heavy atom. The van der Waals surface area contributed by atoms with E-state index in [0.717, 1.165) is 17.8 Å². The van der Waals surface area contributed by atoms with Crippen LogP contribution in [0.3, 0.4) is 0 Å². The minimum absolute atomic E-state index is 0.0871. The molecule has 0 radical (unpaired) electrons. The molecule has 1 amide bonds. The number of nitrogens with zero attached hydrogens (tertiary/aromatic N) is 3. The number of para-hydroxylation sites is 1. The van der Waals surface area contributed by atoms with E-state index in [9.17, 15) is 4.79 Å². The monoisotopic (exact) mass is 388 g/mol.